The molecule has 0 amide bonds. The Kier molecular flexibility index (Phi) is 5.91. The first kappa shape index (κ1) is 24.5. The lowest BCUT2D eigenvalue weighted by atomic mass is 9.45. The summed E-state index contributed by atoms with van der Waals surface area (Å²) < 4.78 is 23.2. The number of allylic oxidation sites excluding steroid dienone is 4. The predicted molar refractivity (Wildman–Crippen MR) is 124 cm³/mol. The van der Waals surface area contributed by atoms with Crippen molar-refractivity contribution in [2.24, 2.45) is 28.6 Å². The Hall–Kier alpha value is -1.63. The van der Waals surface area contributed by atoms with E-state index in [2.05, 4.69) is 15.9 Å². The van der Waals surface area contributed by atoms with Gasteiger partial charge in [0.1, 0.15) is 0 Å². The Bertz CT molecular complexity index is 987. The van der Waals surface area contributed by atoms with Crippen molar-refractivity contribution < 1.29 is 28.3 Å². The molecule has 180 valence electrons. The maximum Gasteiger partial charge on any atom is 0.306 e. The number of alkyl halides is 2. The first-order valence-corrected chi connectivity index (χ1v) is 13.0. The number of rotatable bonds is 5. The maximum atomic E-state index is 17.2. The van der Waals surface area contributed by atoms with Crippen molar-refractivity contribution >= 4 is 39.2 Å². The molecule has 0 aromatic rings. The van der Waals surface area contributed by atoms with E-state index >= 15 is 4.39 Å². The van der Waals surface area contributed by atoms with Crippen LogP contribution < -0.4 is 0 Å². The minimum atomic E-state index is -2.17. The molecule has 0 aliphatic heterocycles. The van der Waals surface area contributed by atoms with E-state index in [1.807, 2.05) is 20.8 Å². The van der Waals surface area contributed by atoms with Crippen LogP contribution in [0.1, 0.15) is 66.2 Å². The molecule has 7 heteroatoms. The zero-order valence-corrected chi connectivity index (χ0v) is 21.3. The highest BCUT2D eigenvalue weighted by Gasteiger charge is 2.77. The Labute approximate surface area is 202 Å². The van der Waals surface area contributed by atoms with E-state index in [1.54, 1.807) is 13.0 Å². The van der Waals surface area contributed by atoms with Gasteiger partial charge in [0.15, 0.2) is 28.6 Å². The summed E-state index contributed by atoms with van der Waals surface area (Å²) in [6.45, 7) is 7.29. The van der Waals surface area contributed by atoms with Crippen LogP contribution in [0.4, 0.5) is 4.39 Å². The first-order valence-electron chi connectivity index (χ1n) is 11.9. The lowest BCUT2D eigenvalue weighted by Crippen LogP contribution is -2.68. The van der Waals surface area contributed by atoms with Gasteiger partial charge in [0, 0.05) is 35.5 Å². The molecule has 3 fully saturated rings. The summed E-state index contributed by atoms with van der Waals surface area (Å²) in [4.78, 5) is 51.9. The average molecular weight is 523 g/mol. The van der Waals surface area contributed by atoms with Crippen LogP contribution in [-0.4, -0.2) is 39.9 Å². The summed E-state index contributed by atoms with van der Waals surface area (Å²) >= 11 is 3.26. The fourth-order valence-corrected chi connectivity index (χ4v) is 8.08. The first-order chi connectivity index (χ1) is 15.4. The largest absolute Gasteiger partial charge is 0.450 e. The van der Waals surface area contributed by atoms with Gasteiger partial charge in [-0.1, -0.05) is 48.4 Å². The summed E-state index contributed by atoms with van der Waals surface area (Å²) in [6, 6.07) is 0. The van der Waals surface area contributed by atoms with E-state index in [-0.39, 0.29) is 41.6 Å². The molecule has 3 saturated carbocycles. The molecule has 33 heavy (non-hydrogen) atoms. The Balaban J connectivity index is 1.84. The number of carbonyl (C=O) groups is 4. The maximum absolute atomic E-state index is 17.2. The van der Waals surface area contributed by atoms with Crippen molar-refractivity contribution in [2.45, 2.75) is 77.5 Å². The fraction of sp³-hybridized carbons (Fsp3) is 0.692. The highest BCUT2D eigenvalue weighted by atomic mass is 79.9. The minimum absolute atomic E-state index is 0.00582. The van der Waals surface area contributed by atoms with E-state index in [0.717, 1.165) is 0 Å². The molecule has 0 saturated heterocycles. The molecule has 0 aromatic carbocycles. The number of ketones is 3. The number of Topliss-reactive ketones (excluding diaryl/α,β-unsaturated/α-hetero) is 2. The highest BCUT2D eigenvalue weighted by Crippen LogP contribution is 2.70. The van der Waals surface area contributed by atoms with Crippen molar-refractivity contribution in [1.82, 2.24) is 0 Å². The normalized spacial score (nSPS) is 43.9. The van der Waals surface area contributed by atoms with Gasteiger partial charge in [-0.15, -0.1) is 0 Å². The summed E-state index contributed by atoms with van der Waals surface area (Å²) in [7, 11) is 0. The second kappa shape index (κ2) is 7.96. The zero-order chi connectivity index (χ0) is 24.4. The van der Waals surface area contributed by atoms with Crippen molar-refractivity contribution in [3.05, 3.63) is 23.8 Å². The van der Waals surface area contributed by atoms with Crippen LogP contribution in [0.3, 0.4) is 0 Å². The molecule has 0 N–H and O–H groups in total. The summed E-state index contributed by atoms with van der Waals surface area (Å²) in [5, 5.41) is -0.00582. The predicted octanol–water partition coefficient (Wildman–Crippen LogP) is 4.86. The van der Waals surface area contributed by atoms with Gasteiger partial charge in [0.25, 0.3) is 0 Å². The SMILES string of the molecule is CCCC(=O)O[C@@]1(C(=O)CBr)[C@@H](C)C[C@H]2[C@@H]3CCC4=CC(=O)C=C[C@]4(C)[C@@]3(F)C(=O)C[C@@]21C. The number of halogens is 2. The van der Waals surface area contributed by atoms with Crippen molar-refractivity contribution in [2.75, 3.05) is 5.33 Å². The van der Waals surface area contributed by atoms with Gasteiger partial charge in [-0.2, -0.15) is 0 Å². The van der Waals surface area contributed by atoms with Crippen LogP contribution in [0.15, 0.2) is 23.8 Å². The second-order valence-electron chi connectivity index (χ2n) is 10.7. The number of fused-ring (bicyclic) bond motifs is 5. The van der Waals surface area contributed by atoms with Crippen molar-refractivity contribution in [3.8, 4) is 0 Å². The topological polar surface area (TPSA) is 77.5 Å². The molecule has 0 heterocycles. The molecule has 4 rings (SSSR count). The minimum Gasteiger partial charge on any atom is -0.450 e. The quantitative estimate of drug-likeness (QED) is 0.380. The fourth-order valence-electron chi connectivity index (χ4n) is 7.66. The Morgan fingerprint density at radius 3 is 2.58 bits per heavy atom. The van der Waals surface area contributed by atoms with Gasteiger partial charge < -0.3 is 4.74 Å². The molecule has 4 aliphatic carbocycles. The molecular formula is C26H32BrFO5. The van der Waals surface area contributed by atoms with Crippen molar-refractivity contribution in [1.29, 1.82) is 0 Å². The van der Waals surface area contributed by atoms with Crippen LogP contribution in [0, 0.1) is 28.6 Å². The van der Waals surface area contributed by atoms with E-state index in [9.17, 15) is 19.2 Å². The van der Waals surface area contributed by atoms with Crippen LogP contribution in [0.25, 0.3) is 0 Å². The van der Waals surface area contributed by atoms with E-state index in [1.165, 1.54) is 12.2 Å². The van der Waals surface area contributed by atoms with Gasteiger partial charge in [-0.25, -0.2) is 4.39 Å². The molecule has 0 spiro atoms. The van der Waals surface area contributed by atoms with Crippen LogP contribution in [0.2, 0.25) is 0 Å². The molecule has 4 aliphatic rings. The smallest absolute Gasteiger partial charge is 0.306 e. The van der Waals surface area contributed by atoms with Crippen LogP contribution in [-0.2, 0) is 23.9 Å². The lowest BCUT2D eigenvalue weighted by molar-refractivity contribution is -0.201. The van der Waals surface area contributed by atoms with Gasteiger partial charge in [-0.3, -0.25) is 19.2 Å². The number of esters is 1. The molecule has 0 aromatic heterocycles. The lowest BCUT2D eigenvalue weighted by Gasteiger charge is -2.59. The number of ether oxygens (including phenoxy) is 1. The molecule has 7 atom stereocenters. The number of hydrogen-bond acceptors (Lipinski definition) is 5. The average Bonchev–Trinajstić information content (AvgIpc) is 2.97. The zero-order valence-electron chi connectivity index (χ0n) is 19.7. The molecule has 0 unspecified atom stereocenters. The monoisotopic (exact) mass is 522 g/mol. The highest BCUT2D eigenvalue weighted by molar-refractivity contribution is 9.09. The Morgan fingerprint density at radius 2 is 1.94 bits per heavy atom. The van der Waals surface area contributed by atoms with Crippen LogP contribution in [0.5, 0.6) is 0 Å². The van der Waals surface area contributed by atoms with Crippen LogP contribution >= 0.6 is 15.9 Å². The molecule has 0 radical (unpaired) electrons. The van der Waals surface area contributed by atoms with Gasteiger partial charge in [0.2, 0.25) is 0 Å². The number of hydrogen-bond donors (Lipinski definition) is 0. The van der Waals surface area contributed by atoms with E-state index in [0.29, 0.717) is 31.3 Å². The van der Waals surface area contributed by atoms with E-state index < -0.39 is 39.8 Å². The van der Waals surface area contributed by atoms with E-state index in [4.69, 9.17) is 4.74 Å². The Morgan fingerprint density at radius 1 is 1.24 bits per heavy atom. The second-order valence-corrected chi connectivity index (χ2v) is 11.3. The molecular weight excluding hydrogens is 491 g/mol. The summed E-state index contributed by atoms with van der Waals surface area (Å²) in [6.07, 6.45) is 6.41. The third kappa shape index (κ3) is 2.99. The summed E-state index contributed by atoms with van der Waals surface area (Å²) in [5.74, 6) is -2.75. The van der Waals surface area contributed by atoms with Gasteiger partial charge >= 0.3 is 5.97 Å². The standard InChI is InChI=1S/C26H32BrFO5/c1-5-6-22(32)33-26(21(31)14-27)15(2)11-19-18-8-7-16-12-17(29)9-10-23(16,3)25(18,28)20(30)13-24(19,26)4/h9-10,12,15,18-19H,5-8,11,13-14H2,1-4H3/t15-,18-,19-,23-,24-,25-,26+/m0/s1. The van der Waals surface area contributed by atoms with Gasteiger partial charge in [0.05, 0.1) is 5.33 Å². The third-order valence-corrected chi connectivity index (χ3v) is 9.72. The number of carbonyl (C=O) groups excluding carboxylic acids is 4. The molecule has 5 nitrogen and oxygen atoms in total. The van der Waals surface area contributed by atoms with Crippen molar-refractivity contribution in [3.63, 3.8) is 0 Å². The summed E-state index contributed by atoms with van der Waals surface area (Å²) in [5.41, 5.74) is -5.16. The van der Waals surface area contributed by atoms with Gasteiger partial charge in [-0.05, 0) is 50.7 Å². The molecule has 0 bridgehead atoms. The third-order valence-electron chi connectivity index (χ3n) is 9.21.